The minimum absolute atomic E-state index is 0.0406. The molecule has 0 saturated heterocycles. The minimum atomic E-state index is -0.675. The number of carbonyl (C=O) groups excluding carboxylic acids is 2. The largest absolute Gasteiger partial charge is 0.481 e. The lowest BCUT2D eigenvalue weighted by Gasteiger charge is -2.21. The molecular formula is C25H34N2O3. The van der Waals surface area contributed by atoms with E-state index in [0.717, 1.165) is 22.4 Å². The lowest BCUT2D eigenvalue weighted by atomic mass is 10.0. The molecule has 30 heavy (non-hydrogen) atoms. The summed E-state index contributed by atoms with van der Waals surface area (Å²) in [5.41, 5.74) is 4.24. The highest BCUT2D eigenvalue weighted by Crippen LogP contribution is 2.28. The minimum Gasteiger partial charge on any atom is -0.481 e. The number of nitrogens with one attached hydrogen (secondary N) is 1. The lowest BCUT2D eigenvalue weighted by Crippen LogP contribution is -2.32. The van der Waals surface area contributed by atoms with Gasteiger partial charge in [-0.2, -0.15) is 0 Å². The van der Waals surface area contributed by atoms with Crippen LogP contribution in [0.1, 0.15) is 67.6 Å². The molecule has 0 heterocycles. The van der Waals surface area contributed by atoms with E-state index in [9.17, 15) is 9.59 Å². The van der Waals surface area contributed by atoms with Crippen LogP contribution >= 0.6 is 0 Å². The van der Waals surface area contributed by atoms with Crippen molar-refractivity contribution in [3.63, 3.8) is 0 Å². The molecule has 0 aliphatic heterocycles. The quantitative estimate of drug-likeness (QED) is 0.641. The van der Waals surface area contributed by atoms with E-state index in [-0.39, 0.29) is 11.8 Å². The van der Waals surface area contributed by atoms with Crippen LogP contribution in [0.4, 0.5) is 5.69 Å². The van der Waals surface area contributed by atoms with Gasteiger partial charge in [-0.1, -0.05) is 32.0 Å². The second kappa shape index (κ2) is 10.3. The fourth-order valence-corrected chi connectivity index (χ4v) is 3.28. The van der Waals surface area contributed by atoms with E-state index in [1.807, 2.05) is 45.9 Å². The Hall–Kier alpha value is -2.82. The van der Waals surface area contributed by atoms with Gasteiger partial charge in [0.2, 0.25) is 0 Å². The van der Waals surface area contributed by atoms with Crippen molar-refractivity contribution < 1.29 is 14.3 Å². The molecule has 0 fully saturated rings. The van der Waals surface area contributed by atoms with Crippen LogP contribution in [0, 0.1) is 13.8 Å². The van der Waals surface area contributed by atoms with Gasteiger partial charge in [0.15, 0.2) is 6.10 Å². The first-order valence-electron chi connectivity index (χ1n) is 10.7. The van der Waals surface area contributed by atoms with Gasteiger partial charge in [-0.3, -0.25) is 9.59 Å². The predicted octanol–water partition coefficient (Wildman–Crippen LogP) is 5.31. The molecule has 162 valence electrons. The first-order chi connectivity index (χ1) is 14.2. The summed E-state index contributed by atoms with van der Waals surface area (Å²) in [6.45, 7) is 15.0. The highest BCUT2D eigenvalue weighted by molar-refractivity contribution is 5.99. The maximum atomic E-state index is 12.8. The fraction of sp³-hybridized carbons (Fsp3) is 0.440. The van der Waals surface area contributed by atoms with Gasteiger partial charge < -0.3 is 15.0 Å². The molecule has 0 saturated carbocycles. The number of hydrogen-bond donors (Lipinski definition) is 1. The normalized spacial score (nSPS) is 11.9. The predicted molar refractivity (Wildman–Crippen MR) is 122 cm³/mol. The molecule has 2 rings (SSSR count). The average Bonchev–Trinajstić information content (AvgIpc) is 2.70. The van der Waals surface area contributed by atoms with E-state index >= 15 is 0 Å². The van der Waals surface area contributed by atoms with Gasteiger partial charge in [-0.15, -0.1) is 0 Å². The monoisotopic (exact) mass is 410 g/mol. The van der Waals surface area contributed by atoms with Crippen LogP contribution in [0.15, 0.2) is 36.4 Å². The summed E-state index contributed by atoms with van der Waals surface area (Å²) in [4.78, 5) is 27.2. The van der Waals surface area contributed by atoms with Crippen molar-refractivity contribution in [3.8, 4) is 5.75 Å². The van der Waals surface area contributed by atoms with E-state index in [1.54, 1.807) is 24.0 Å². The number of ether oxygens (including phenoxy) is 1. The number of hydrogen-bond acceptors (Lipinski definition) is 3. The Labute approximate surface area is 180 Å². The van der Waals surface area contributed by atoms with Crippen molar-refractivity contribution in [2.24, 2.45) is 0 Å². The molecule has 0 aliphatic carbocycles. The molecule has 5 heteroatoms. The average molecular weight is 411 g/mol. The summed E-state index contributed by atoms with van der Waals surface area (Å²) in [5.74, 6) is 0.735. The van der Waals surface area contributed by atoms with Crippen LogP contribution in [0.25, 0.3) is 0 Å². The highest BCUT2D eigenvalue weighted by atomic mass is 16.5. The van der Waals surface area contributed by atoms with Gasteiger partial charge in [-0.05, 0) is 75.4 Å². The highest BCUT2D eigenvalue weighted by Gasteiger charge is 2.20. The zero-order chi connectivity index (χ0) is 22.4. The van der Waals surface area contributed by atoms with Crippen LogP contribution in [0.3, 0.4) is 0 Å². The van der Waals surface area contributed by atoms with Crippen molar-refractivity contribution in [3.05, 3.63) is 58.7 Å². The topological polar surface area (TPSA) is 58.6 Å². The number of nitrogens with zero attached hydrogens (tertiary/aromatic N) is 1. The van der Waals surface area contributed by atoms with E-state index in [4.69, 9.17) is 4.74 Å². The van der Waals surface area contributed by atoms with Gasteiger partial charge in [0, 0.05) is 24.3 Å². The number of amides is 2. The number of aryl methyl sites for hydroxylation is 2. The number of benzene rings is 2. The second-order valence-corrected chi connectivity index (χ2v) is 7.95. The van der Waals surface area contributed by atoms with Gasteiger partial charge >= 0.3 is 0 Å². The van der Waals surface area contributed by atoms with Crippen LogP contribution in [-0.2, 0) is 4.79 Å². The zero-order valence-corrected chi connectivity index (χ0v) is 19.2. The van der Waals surface area contributed by atoms with E-state index in [0.29, 0.717) is 30.3 Å². The van der Waals surface area contributed by atoms with Crippen molar-refractivity contribution in [2.75, 3.05) is 18.4 Å². The van der Waals surface area contributed by atoms with Crippen molar-refractivity contribution in [1.82, 2.24) is 4.90 Å². The summed E-state index contributed by atoms with van der Waals surface area (Å²) >= 11 is 0. The van der Waals surface area contributed by atoms with E-state index in [1.165, 1.54) is 0 Å². The molecule has 2 amide bonds. The van der Waals surface area contributed by atoms with Crippen LogP contribution in [0.2, 0.25) is 0 Å². The fourth-order valence-electron chi connectivity index (χ4n) is 3.28. The Morgan fingerprint density at radius 2 is 1.67 bits per heavy atom. The van der Waals surface area contributed by atoms with Crippen molar-refractivity contribution in [2.45, 2.75) is 60.5 Å². The summed E-state index contributed by atoms with van der Waals surface area (Å²) in [5, 5.41) is 2.93. The van der Waals surface area contributed by atoms with Gasteiger partial charge in [-0.25, -0.2) is 0 Å². The number of rotatable bonds is 8. The Morgan fingerprint density at radius 1 is 1.00 bits per heavy atom. The Balaban J connectivity index is 2.19. The van der Waals surface area contributed by atoms with Crippen LogP contribution in [0.5, 0.6) is 5.75 Å². The Morgan fingerprint density at radius 3 is 2.27 bits per heavy atom. The third-order valence-corrected chi connectivity index (χ3v) is 5.26. The first-order valence-corrected chi connectivity index (χ1v) is 10.7. The standard InChI is InChI=1S/C25H34N2O3/c1-8-27(9-2)25(29)20-12-11-18(6)22(15-20)26-24(28)19(7)30-23-14-17(5)10-13-21(23)16(3)4/h10-16,19H,8-9H2,1-7H3,(H,26,28). The van der Waals surface area contributed by atoms with Crippen molar-refractivity contribution >= 4 is 17.5 Å². The molecule has 2 aromatic rings. The van der Waals surface area contributed by atoms with E-state index < -0.39 is 6.10 Å². The molecule has 2 aromatic carbocycles. The molecular weight excluding hydrogens is 376 g/mol. The van der Waals surface area contributed by atoms with Crippen LogP contribution in [-0.4, -0.2) is 35.9 Å². The van der Waals surface area contributed by atoms with E-state index in [2.05, 4.69) is 25.2 Å². The molecule has 0 aromatic heterocycles. The van der Waals surface area contributed by atoms with Gasteiger partial charge in [0.25, 0.3) is 11.8 Å². The molecule has 1 unspecified atom stereocenters. The zero-order valence-electron chi connectivity index (χ0n) is 19.2. The maximum absolute atomic E-state index is 12.8. The van der Waals surface area contributed by atoms with Crippen molar-refractivity contribution in [1.29, 1.82) is 0 Å². The summed E-state index contributed by atoms with van der Waals surface area (Å²) < 4.78 is 6.02. The molecule has 0 spiro atoms. The summed E-state index contributed by atoms with van der Waals surface area (Å²) in [6, 6.07) is 11.5. The molecule has 5 nitrogen and oxygen atoms in total. The van der Waals surface area contributed by atoms with Gasteiger partial charge in [0.05, 0.1) is 0 Å². The maximum Gasteiger partial charge on any atom is 0.265 e. The molecule has 0 radical (unpaired) electrons. The Bertz CT molecular complexity index is 901. The van der Waals surface area contributed by atoms with Gasteiger partial charge in [0.1, 0.15) is 5.75 Å². The third-order valence-electron chi connectivity index (χ3n) is 5.26. The lowest BCUT2D eigenvalue weighted by molar-refractivity contribution is -0.122. The molecule has 0 bridgehead atoms. The molecule has 1 N–H and O–H groups in total. The first kappa shape index (κ1) is 23.5. The summed E-state index contributed by atoms with van der Waals surface area (Å²) in [7, 11) is 0. The second-order valence-electron chi connectivity index (χ2n) is 7.95. The van der Waals surface area contributed by atoms with Crippen LogP contribution < -0.4 is 10.1 Å². The Kier molecular flexibility index (Phi) is 8.04. The number of carbonyl (C=O) groups is 2. The molecule has 0 aliphatic rings. The SMILES string of the molecule is CCN(CC)C(=O)c1ccc(C)c(NC(=O)C(C)Oc2cc(C)ccc2C(C)C)c1. The number of anilines is 1. The smallest absolute Gasteiger partial charge is 0.265 e. The molecule has 1 atom stereocenters. The summed E-state index contributed by atoms with van der Waals surface area (Å²) in [6.07, 6.45) is -0.675. The third kappa shape index (κ3) is 5.62.